The topological polar surface area (TPSA) is 86.1 Å². The Morgan fingerprint density at radius 2 is 1.84 bits per heavy atom. The second kappa shape index (κ2) is 8.19. The molecule has 4 rings (SSSR count). The minimum Gasteiger partial charge on any atom is -0.444 e. The smallest absolute Gasteiger partial charge is 0.411 e. The maximum absolute atomic E-state index is 12.9. The summed E-state index contributed by atoms with van der Waals surface area (Å²) in [5.41, 5.74) is 0.997. The monoisotopic (exact) mass is 447 g/mol. The zero-order chi connectivity index (χ0) is 22.3. The number of amides is 1. The number of esters is 1. The van der Waals surface area contributed by atoms with Crippen LogP contribution < -0.4 is 10.4 Å². The molecule has 1 atom stereocenters. The molecule has 2 heterocycles. The van der Waals surface area contributed by atoms with Crippen LogP contribution in [-0.4, -0.2) is 35.2 Å². The molecule has 1 aliphatic carbocycles. The Labute approximate surface area is 185 Å². The molecule has 1 aromatic heterocycles. The quantitative estimate of drug-likeness (QED) is 0.379. The van der Waals surface area contributed by atoms with E-state index in [-0.39, 0.29) is 16.4 Å². The first kappa shape index (κ1) is 21.7. The predicted octanol–water partition coefficient (Wildman–Crippen LogP) is 4.63. The van der Waals surface area contributed by atoms with Crippen LogP contribution in [0.25, 0.3) is 11.0 Å². The van der Waals surface area contributed by atoms with E-state index in [1.807, 2.05) is 0 Å². The van der Waals surface area contributed by atoms with Gasteiger partial charge in [0, 0.05) is 23.6 Å². The van der Waals surface area contributed by atoms with Crippen molar-refractivity contribution >= 4 is 34.6 Å². The lowest BCUT2D eigenvalue weighted by atomic mass is 9.91. The standard InChI is InChI=1S/C23H26ClNO6/c1-23(2,3)31-22(28)25-10-6-9-17(25)21(27)30-19-12-18-15(11-16(19)24)13-7-4-5-8-14(13)20(26)29-18/h11-12,17H,4-10H2,1-3H3. The summed E-state index contributed by atoms with van der Waals surface area (Å²) < 4.78 is 16.4. The summed E-state index contributed by atoms with van der Waals surface area (Å²) in [5.74, 6) is -0.487. The van der Waals surface area contributed by atoms with Crippen molar-refractivity contribution in [1.82, 2.24) is 4.90 Å². The summed E-state index contributed by atoms with van der Waals surface area (Å²) in [6.07, 6.45) is 4.06. The number of hydrogen-bond donors (Lipinski definition) is 0. The maximum atomic E-state index is 12.9. The van der Waals surface area contributed by atoms with Crippen molar-refractivity contribution in [3.05, 3.63) is 38.7 Å². The Balaban J connectivity index is 1.59. The Hall–Kier alpha value is -2.54. The molecule has 7 nitrogen and oxygen atoms in total. The third kappa shape index (κ3) is 4.42. The van der Waals surface area contributed by atoms with Crippen molar-refractivity contribution < 1.29 is 23.5 Å². The van der Waals surface area contributed by atoms with E-state index in [9.17, 15) is 14.4 Å². The molecule has 8 heteroatoms. The minimum absolute atomic E-state index is 0.106. The van der Waals surface area contributed by atoms with Crippen LogP contribution in [0.5, 0.6) is 5.75 Å². The summed E-state index contributed by atoms with van der Waals surface area (Å²) in [4.78, 5) is 39.1. The van der Waals surface area contributed by atoms with Crippen LogP contribution >= 0.6 is 11.6 Å². The summed E-state index contributed by atoms with van der Waals surface area (Å²) in [7, 11) is 0. The number of likely N-dealkylation sites (tertiary alicyclic amines) is 1. The van der Waals surface area contributed by atoms with Crippen molar-refractivity contribution in [3.8, 4) is 5.75 Å². The highest BCUT2D eigenvalue weighted by Crippen LogP contribution is 2.35. The zero-order valence-electron chi connectivity index (χ0n) is 18.0. The Bertz CT molecular complexity index is 1100. The van der Waals surface area contributed by atoms with E-state index in [1.165, 1.54) is 11.0 Å². The normalized spacial score (nSPS) is 18.7. The fraction of sp³-hybridized carbons (Fsp3) is 0.522. The first-order valence-corrected chi connectivity index (χ1v) is 11.0. The molecule has 1 saturated heterocycles. The van der Waals surface area contributed by atoms with Crippen LogP contribution in [0.4, 0.5) is 4.79 Å². The van der Waals surface area contributed by atoms with Gasteiger partial charge in [-0.2, -0.15) is 0 Å². The molecule has 1 amide bonds. The highest BCUT2D eigenvalue weighted by Gasteiger charge is 2.38. The lowest BCUT2D eigenvalue weighted by molar-refractivity contribution is -0.139. The highest BCUT2D eigenvalue weighted by atomic mass is 35.5. The fourth-order valence-corrected chi connectivity index (χ4v) is 4.45. The molecule has 0 bridgehead atoms. The Kier molecular flexibility index (Phi) is 5.73. The fourth-order valence-electron chi connectivity index (χ4n) is 4.25. The lowest BCUT2D eigenvalue weighted by Crippen LogP contribution is -2.44. The molecule has 0 saturated carbocycles. The van der Waals surface area contributed by atoms with Crippen LogP contribution in [0.15, 0.2) is 21.3 Å². The average Bonchev–Trinajstić information content (AvgIpc) is 3.19. The molecule has 2 aliphatic rings. The molecule has 0 spiro atoms. The number of hydrogen-bond acceptors (Lipinski definition) is 6. The molecule has 0 radical (unpaired) electrons. The zero-order valence-corrected chi connectivity index (χ0v) is 18.7. The number of carbonyl (C=O) groups excluding carboxylic acids is 2. The van der Waals surface area contributed by atoms with E-state index >= 15 is 0 Å². The maximum Gasteiger partial charge on any atom is 0.411 e. The molecule has 1 aromatic carbocycles. The molecule has 2 aromatic rings. The number of halogens is 1. The van der Waals surface area contributed by atoms with Crippen molar-refractivity contribution in [3.63, 3.8) is 0 Å². The van der Waals surface area contributed by atoms with Gasteiger partial charge in [0.15, 0.2) is 5.75 Å². The average molecular weight is 448 g/mol. The number of nitrogens with zero attached hydrogens (tertiary/aromatic N) is 1. The van der Waals surface area contributed by atoms with E-state index < -0.39 is 23.7 Å². The van der Waals surface area contributed by atoms with Gasteiger partial charge in [-0.05, 0) is 70.9 Å². The second-order valence-electron chi connectivity index (χ2n) is 9.09. The first-order chi connectivity index (χ1) is 14.6. The largest absolute Gasteiger partial charge is 0.444 e. The van der Waals surface area contributed by atoms with Gasteiger partial charge in [-0.1, -0.05) is 11.6 Å². The van der Waals surface area contributed by atoms with E-state index in [0.717, 1.165) is 30.2 Å². The van der Waals surface area contributed by atoms with Crippen molar-refractivity contribution in [2.45, 2.75) is 70.9 Å². The van der Waals surface area contributed by atoms with Gasteiger partial charge in [0.05, 0.1) is 5.02 Å². The molecule has 1 unspecified atom stereocenters. The number of carbonyl (C=O) groups is 2. The van der Waals surface area contributed by atoms with Gasteiger partial charge in [-0.3, -0.25) is 4.90 Å². The molecule has 1 fully saturated rings. The van der Waals surface area contributed by atoms with Crippen molar-refractivity contribution in [2.75, 3.05) is 6.54 Å². The second-order valence-corrected chi connectivity index (χ2v) is 9.49. The van der Waals surface area contributed by atoms with Gasteiger partial charge < -0.3 is 13.9 Å². The lowest BCUT2D eigenvalue weighted by Gasteiger charge is -2.27. The molecular formula is C23H26ClNO6. The van der Waals surface area contributed by atoms with Gasteiger partial charge in [-0.15, -0.1) is 0 Å². The SMILES string of the molecule is CC(C)(C)OC(=O)N1CCCC1C(=O)Oc1cc2oc(=O)c3c(c2cc1Cl)CCCC3. The molecule has 166 valence electrons. The molecule has 1 aliphatic heterocycles. The van der Waals surface area contributed by atoms with E-state index in [0.29, 0.717) is 37.0 Å². The van der Waals surface area contributed by atoms with Crippen LogP contribution in [0.2, 0.25) is 5.02 Å². The van der Waals surface area contributed by atoms with E-state index in [2.05, 4.69) is 0 Å². The highest BCUT2D eigenvalue weighted by molar-refractivity contribution is 6.33. The van der Waals surface area contributed by atoms with Gasteiger partial charge in [0.1, 0.15) is 17.2 Å². The Morgan fingerprint density at radius 1 is 1.13 bits per heavy atom. The van der Waals surface area contributed by atoms with E-state index in [1.54, 1.807) is 26.8 Å². The van der Waals surface area contributed by atoms with Crippen LogP contribution in [0, 0.1) is 0 Å². The number of aryl methyl sites for hydroxylation is 1. The van der Waals surface area contributed by atoms with Gasteiger partial charge in [0.2, 0.25) is 0 Å². The van der Waals surface area contributed by atoms with Crippen LogP contribution in [-0.2, 0) is 22.4 Å². The number of benzene rings is 1. The van der Waals surface area contributed by atoms with Crippen molar-refractivity contribution in [2.24, 2.45) is 0 Å². The first-order valence-electron chi connectivity index (χ1n) is 10.6. The number of fused-ring (bicyclic) bond motifs is 3. The van der Waals surface area contributed by atoms with E-state index in [4.69, 9.17) is 25.5 Å². The van der Waals surface area contributed by atoms with Crippen LogP contribution in [0.1, 0.15) is 57.6 Å². The Morgan fingerprint density at radius 3 is 2.55 bits per heavy atom. The minimum atomic E-state index is -0.753. The van der Waals surface area contributed by atoms with Crippen LogP contribution in [0.3, 0.4) is 0 Å². The number of ether oxygens (including phenoxy) is 2. The van der Waals surface area contributed by atoms with Gasteiger partial charge >= 0.3 is 17.7 Å². The molecule has 0 N–H and O–H groups in total. The third-order valence-electron chi connectivity index (χ3n) is 5.64. The van der Waals surface area contributed by atoms with Gasteiger partial charge in [0.25, 0.3) is 0 Å². The summed E-state index contributed by atoms with van der Waals surface area (Å²) in [5, 5.41) is 1.03. The van der Waals surface area contributed by atoms with Gasteiger partial charge in [-0.25, -0.2) is 14.4 Å². The third-order valence-corrected chi connectivity index (χ3v) is 5.93. The summed E-state index contributed by atoms with van der Waals surface area (Å²) >= 11 is 6.42. The number of rotatable bonds is 2. The molecular weight excluding hydrogens is 422 g/mol. The summed E-state index contributed by atoms with van der Waals surface area (Å²) in [6.45, 7) is 5.74. The predicted molar refractivity (Wildman–Crippen MR) is 116 cm³/mol. The molecule has 31 heavy (non-hydrogen) atoms. The summed E-state index contributed by atoms with van der Waals surface area (Å²) in [6, 6.07) is 2.42. The van der Waals surface area contributed by atoms with Crippen molar-refractivity contribution in [1.29, 1.82) is 0 Å².